The monoisotopic (exact) mass is 331 g/mol. The van der Waals surface area contributed by atoms with Gasteiger partial charge < -0.3 is 15.0 Å². The van der Waals surface area contributed by atoms with Gasteiger partial charge in [-0.1, -0.05) is 0 Å². The Balaban J connectivity index is 1.76. The van der Waals surface area contributed by atoms with Crippen LogP contribution in [0.5, 0.6) is 0 Å². The lowest BCUT2D eigenvalue weighted by atomic mass is 9.97. The van der Waals surface area contributed by atoms with Crippen molar-refractivity contribution in [1.29, 1.82) is 0 Å². The van der Waals surface area contributed by atoms with E-state index in [0.717, 1.165) is 52.4 Å². The Bertz CT molecular complexity index is 388. The second-order valence-electron chi connectivity index (χ2n) is 6.46. The Hall–Kier alpha value is -0.660. The lowest BCUT2D eigenvalue weighted by Gasteiger charge is -2.37. The van der Waals surface area contributed by atoms with E-state index in [4.69, 9.17) is 4.74 Å². The fraction of sp³-hybridized carbons (Fsp3) is 0.933. The number of carbonyl (C=O) groups is 1. The highest BCUT2D eigenvalue weighted by atomic mass is 32.2. The summed E-state index contributed by atoms with van der Waals surface area (Å²) in [5.41, 5.74) is 0. The topological polar surface area (TPSA) is 61.9 Å². The molecule has 2 aliphatic rings. The highest BCUT2D eigenvalue weighted by molar-refractivity contribution is 7.84. The zero-order chi connectivity index (χ0) is 15.9. The van der Waals surface area contributed by atoms with Gasteiger partial charge in [0.1, 0.15) is 0 Å². The normalized spacial score (nSPS) is 26.5. The Labute approximate surface area is 136 Å². The summed E-state index contributed by atoms with van der Waals surface area (Å²) < 4.78 is 16.6. The summed E-state index contributed by atoms with van der Waals surface area (Å²) in [6.07, 6.45) is 3.92. The van der Waals surface area contributed by atoms with Crippen LogP contribution in [0.4, 0.5) is 4.79 Å². The van der Waals surface area contributed by atoms with E-state index in [9.17, 15) is 9.00 Å². The van der Waals surface area contributed by atoms with Gasteiger partial charge in [0.2, 0.25) is 0 Å². The highest BCUT2D eigenvalue weighted by Gasteiger charge is 2.26. The van der Waals surface area contributed by atoms with Gasteiger partial charge in [0, 0.05) is 61.6 Å². The van der Waals surface area contributed by atoms with Crippen molar-refractivity contribution in [3.05, 3.63) is 0 Å². The molecular weight excluding hydrogens is 302 g/mol. The Morgan fingerprint density at radius 1 is 1.36 bits per heavy atom. The summed E-state index contributed by atoms with van der Waals surface area (Å²) in [5.74, 6) is 1.06. The van der Waals surface area contributed by atoms with Crippen molar-refractivity contribution in [3.8, 4) is 0 Å². The largest absolute Gasteiger partial charge is 0.379 e. The molecule has 2 amide bonds. The molecule has 0 spiro atoms. The minimum Gasteiger partial charge on any atom is -0.379 e. The van der Waals surface area contributed by atoms with E-state index in [2.05, 4.69) is 10.2 Å². The first kappa shape index (κ1) is 17.7. The number of likely N-dealkylation sites (tertiary alicyclic amines) is 1. The number of urea groups is 1. The van der Waals surface area contributed by atoms with Crippen molar-refractivity contribution >= 4 is 16.8 Å². The van der Waals surface area contributed by atoms with E-state index in [0.29, 0.717) is 11.7 Å². The van der Waals surface area contributed by atoms with Gasteiger partial charge in [-0.15, -0.1) is 0 Å². The van der Waals surface area contributed by atoms with Gasteiger partial charge in [-0.05, 0) is 25.7 Å². The van der Waals surface area contributed by atoms with E-state index >= 15 is 0 Å². The van der Waals surface area contributed by atoms with Crippen LogP contribution in [0.1, 0.15) is 19.8 Å². The van der Waals surface area contributed by atoms with Crippen molar-refractivity contribution in [2.75, 3.05) is 57.9 Å². The average molecular weight is 331 g/mol. The molecule has 0 aliphatic carbocycles. The Morgan fingerprint density at radius 2 is 2.09 bits per heavy atom. The van der Waals surface area contributed by atoms with Gasteiger partial charge in [0.15, 0.2) is 0 Å². The number of nitrogens with one attached hydrogen (secondary N) is 1. The molecule has 0 aromatic carbocycles. The summed E-state index contributed by atoms with van der Waals surface area (Å²) in [7, 11) is -0.881. The minimum absolute atomic E-state index is 0.00960. The number of carbonyl (C=O) groups excluding carboxylic acids is 1. The summed E-state index contributed by atoms with van der Waals surface area (Å²) in [4.78, 5) is 16.7. The fourth-order valence-corrected chi connectivity index (χ4v) is 4.03. The number of morpholine rings is 1. The molecule has 22 heavy (non-hydrogen) atoms. The first-order chi connectivity index (χ1) is 10.5. The maximum atomic E-state index is 12.3. The van der Waals surface area contributed by atoms with Gasteiger partial charge >= 0.3 is 6.03 Å². The zero-order valence-corrected chi connectivity index (χ0v) is 14.6. The number of nitrogens with zero attached hydrogens (tertiary/aromatic N) is 2. The lowest BCUT2D eigenvalue weighted by molar-refractivity contribution is 0.0248. The summed E-state index contributed by atoms with van der Waals surface area (Å²) in [5, 5.41) is 2.97. The molecule has 1 N–H and O–H groups in total. The minimum atomic E-state index is -0.881. The first-order valence-electron chi connectivity index (χ1n) is 8.20. The second kappa shape index (κ2) is 8.84. The van der Waals surface area contributed by atoms with E-state index < -0.39 is 10.8 Å². The van der Waals surface area contributed by atoms with E-state index in [1.165, 1.54) is 6.42 Å². The van der Waals surface area contributed by atoms with Crippen molar-refractivity contribution in [3.63, 3.8) is 0 Å². The van der Waals surface area contributed by atoms with Crippen LogP contribution in [0, 0.1) is 5.92 Å². The van der Waals surface area contributed by atoms with Crippen LogP contribution in [0.25, 0.3) is 0 Å². The SMILES string of the molecule is C[C@H](C[S@@](C)=O)NC(=O)N1CCC[C@H](CN2CCOCC2)C1. The van der Waals surface area contributed by atoms with Crippen LogP contribution >= 0.6 is 0 Å². The van der Waals surface area contributed by atoms with Crippen molar-refractivity contribution in [2.45, 2.75) is 25.8 Å². The molecular formula is C15H29N3O3S. The molecule has 0 bridgehead atoms. The van der Waals surface area contributed by atoms with E-state index in [1.807, 2.05) is 11.8 Å². The van der Waals surface area contributed by atoms with Gasteiger partial charge in [0.05, 0.1) is 13.2 Å². The van der Waals surface area contributed by atoms with Crippen LogP contribution < -0.4 is 5.32 Å². The Kier molecular flexibility index (Phi) is 7.11. The number of rotatable bonds is 5. The molecule has 2 saturated heterocycles. The molecule has 6 nitrogen and oxygen atoms in total. The van der Waals surface area contributed by atoms with Crippen molar-refractivity contribution in [1.82, 2.24) is 15.1 Å². The molecule has 7 heteroatoms. The standard InChI is InChI=1S/C15H29N3O3S/c1-13(12-22(2)20)16-15(19)18-5-3-4-14(11-18)10-17-6-8-21-9-7-17/h13-14H,3-12H2,1-2H3,(H,16,19)/t13-,14-,22-/m1/s1. The summed E-state index contributed by atoms with van der Waals surface area (Å²) in [6, 6.07) is -0.0532. The molecule has 0 unspecified atom stereocenters. The molecule has 0 aromatic rings. The molecule has 2 heterocycles. The third-order valence-corrected chi connectivity index (χ3v) is 5.25. The molecule has 2 fully saturated rings. The predicted molar refractivity (Wildman–Crippen MR) is 88.5 cm³/mol. The zero-order valence-electron chi connectivity index (χ0n) is 13.8. The average Bonchev–Trinajstić information content (AvgIpc) is 2.47. The number of amides is 2. The maximum Gasteiger partial charge on any atom is 0.317 e. The van der Waals surface area contributed by atoms with E-state index in [-0.39, 0.29) is 12.1 Å². The molecule has 3 atom stereocenters. The van der Waals surface area contributed by atoms with Crippen LogP contribution in [0.2, 0.25) is 0 Å². The number of hydrogen-bond acceptors (Lipinski definition) is 4. The quantitative estimate of drug-likeness (QED) is 0.797. The van der Waals surface area contributed by atoms with Gasteiger partial charge in [-0.3, -0.25) is 9.11 Å². The molecule has 2 rings (SSSR count). The lowest BCUT2D eigenvalue weighted by Crippen LogP contribution is -2.51. The first-order valence-corrected chi connectivity index (χ1v) is 9.93. The van der Waals surface area contributed by atoms with Crippen LogP contribution in [-0.4, -0.2) is 84.0 Å². The van der Waals surface area contributed by atoms with Crippen LogP contribution in [0.3, 0.4) is 0 Å². The van der Waals surface area contributed by atoms with Crippen LogP contribution in [0.15, 0.2) is 0 Å². The van der Waals surface area contributed by atoms with Crippen molar-refractivity contribution < 1.29 is 13.7 Å². The van der Waals surface area contributed by atoms with Crippen LogP contribution in [-0.2, 0) is 15.5 Å². The van der Waals surface area contributed by atoms with Gasteiger partial charge in [-0.25, -0.2) is 4.79 Å². The fourth-order valence-electron chi connectivity index (χ4n) is 3.24. The second-order valence-corrected chi connectivity index (χ2v) is 7.94. The maximum absolute atomic E-state index is 12.3. The summed E-state index contributed by atoms with van der Waals surface area (Å²) >= 11 is 0. The van der Waals surface area contributed by atoms with Crippen molar-refractivity contribution in [2.24, 2.45) is 5.92 Å². The number of piperidine rings is 1. The molecule has 128 valence electrons. The molecule has 2 aliphatic heterocycles. The molecule has 0 saturated carbocycles. The molecule has 0 aromatic heterocycles. The summed E-state index contributed by atoms with van der Waals surface area (Å²) in [6.45, 7) is 8.27. The van der Waals surface area contributed by atoms with Gasteiger partial charge in [0.25, 0.3) is 0 Å². The third kappa shape index (κ3) is 5.85. The number of hydrogen-bond donors (Lipinski definition) is 1. The smallest absolute Gasteiger partial charge is 0.317 e. The molecule has 0 radical (unpaired) electrons. The predicted octanol–water partition coefficient (Wildman–Crippen LogP) is 0.507. The third-order valence-electron chi connectivity index (χ3n) is 4.28. The van der Waals surface area contributed by atoms with Gasteiger partial charge in [-0.2, -0.15) is 0 Å². The number of ether oxygens (including phenoxy) is 1. The van der Waals surface area contributed by atoms with E-state index in [1.54, 1.807) is 6.26 Å². The highest BCUT2D eigenvalue weighted by Crippen LogP contribution is 2.18. The Morgan fingerprint density at radius 3 is 2.77 bits per heavy atom.